The van der Waals surface area contributed by atoms with Gasteiger partial charge in [-0.1, -0.05) is 25.1 Å². The Balaban J connectivity index is 2.17. The first-order valence-electron chi connectivity index (χ1n) is 6.50. The van der Waals surface area contributed by atoms with Crippen LogP contribution in [0.25, 0.3) is 0 Å². The Morgan fingerprint density at radius 3 is 2.76 bits per heavy atom. The molecule has 0 amide bonds. The van der Waals surface area contributed by atoms with Gasteiger partial charge < -0.3 is 5.73 Å². The highest BCUT2D eigenvalue weighted by molar-refractivity contribution is 7.89. The van der Waals surface area contributed by atoms with Crippen molar-refractivity contribution in [3.05, 3.63) is 41.8 Å². The zero-order valence-electron chi connectivity index (χ0n) is 11.6. The molecule has 114 valence electrons. The number of halogens is 1. The largest absolute Gasteiger partial charge is 0.381 e. The normalized spacial score (nSPS) is 11.7. The van der Waals surface area contributed by atoms with Crippen molar-refractivity contribution in [1.29, 1.82) is 0 Å². The molecule has 0 saturated carbocycles. The maximum atomic E-state index is 13.5. The molecule has 0 aliphatic rings. The third kappa shape index (κ3) is 3.59. The molecule has 0 saturated heterocycles. The molecule has 1 heterocycles. The highest BCUT2D eigenvalue weighted by atomic mass is 32.2. The second-order valence-electron chi connectivity index (χ2n) is 4.56. The summed E-state index contributed by atoms with van der Waals surface area (Å²) < 4.78 is 41.7. The molecular weight excluding hydrogens is 295 g/mol. The van der Waals surface area contributed by atoms with Gasteiger partial charge in [0.2, 0.25) is 10.0 Å². The van der Waals surface area contributed by atoms with Crippen molar-refractivity contribution < 1.29 is 12.8 Å². The number of benzene rings is 1. The van der Waals surface area contributed by atoms with Crippen molar-refractivity contribution in [2.75, 3.05) is 5.73 Å². The standard InChI is InChI=1S/C13H17FN4O2S/c1-2-7-18-9-12(13(15)17-18)21(19,20)16-8-10-5-3-4-6-11(10)14/h3-6,9,16H,2,7-8H2,1H3,(H2,15,17). The first kappa shape index (κ1) is 15.5. The molecule has 8 heteroatoms. The summed E-state index contributed by atoms with van der Waals surface area (Å²) in [6.45, 7) is 2.38. The van der Waals surface area contributed by atoms with Gasteiger partial charge in [0.05, 0.1) is 0 Å². The average Bonchev–Trinajstić information content (AvgIpc) is 2.80. The zero-order chi connectivity index (χ0) is 15.5. The Morgan fingerprint density at radius 2 is 2.10 bits per heavy atom. The number of nitrogens with zero attached hydrogens (tertiary/aromatic N) is 2. The fourth-order valence-electron chi connectivity index (χ4n) is 1.86. The van der Waals surface area contributed by atoms with E-state index in [9.17, 15) is 12.8 Å². The topological polar surface area (TPSA) is 90.0 Å². The number of aromatic nitrogens is 2. The first-order chi connectivity index (χ1) is 9.94. The van der Waals surface area contributed by atoms with Crippen LogP contribution in [-0.2, 0) is 23.1 Å². The van der Waals surface area contributed by atoms with E-state index in [-0.39, 0.29) is 22.8 Å². The van der Waals surface area contributed by atoms with Crippen LogP contribution in [0.5, 0.6) is 0 Å². The summed E-state index contributed by atoms with van der Waals surface area (Å²) in [5, 5.41) is 3.94. The van der Waals surface area contributed by atoms with E-state index in [0.29, 0.717) is 6.54 Å². The molecule has 0 atom stereocenters. The number of sulfonamides is 1. The molecule has 0 aliphatic carbocycles. The lowest BCUT2D eigenvalue weighted by Crippen LogP contribution is -2.24. The minimum absolute atomic E-state index is 0.0653. The minimum atomic E-state index is -3.83. The molecule has 0 aliphatic heterocycles. The quantitative estimate of drug-likeness (QED) is 0.845. The average molecular weight is 312 g/mol. The van der Waals surface area contributed by atoms with E-state index >= 15 is 0 Å². The summed E-state index contributed by atoms with van der Waals surface area (Å²) in [6, 6.07) is 5.97. The van der Waals surface area contributed by atoms with Crippen molar-refractivity contribution in [1.82, 2.24) is 14.5 Å². The monoisotopic (exact) mass is 312 g/mol. The van der Waals surface area contributed by atoms with Crippen molar-refractivity contribution in [3.8, 4) is 0 Å². The molecule has 0 bridgehead atoms. The lowest BCUT2D eigenvalue weighted by atomic mass is 10.2. The van der Waals surface area contributed by atoms with Gasteiger partial charge in [-0.25, -0.2) is 17.5 Å². The number of anilines is 1. The smallest absolute Gasteiger partial charge is 0.246 e. The van der Waals surface area contributed by atoms with Crippen LogP contribution in [0.4, 0.5) is 10.2 Å². The number of rotatable bonds is 6. The van der Waals surface area contributed by atoms with Gasteiger partial charge in [0.1, 0.15) is 10.7 Å². The molecule has 1 aromatic carbocycles. The molecule has 0 radical (unpaired) electrons. The molecule has 3 N–H and O–H groups in total. The van der Waals surface area contributed by atoms with Crippen LogP contribution in [-0.4, -0.2) is 18.2 Å². The van der Waals surface area contributed by atoms with Gasteiger partial charge >= 0.3 is 0 Å². The summed E-state index contributed by atoms with van der Waals surface area (Å²) in [7, 11) is -3.83. The third-order valence-electron chi connectivity index (χ3n) is 2.91. The van der Waals surface area contributed by atoms with Gasteiger partial charge in [-0.3, -0.25) is 4.68 Å². The van der Waals surface area contributed by atoms with Crippen molar-refractivity contribution >= 4 is 15.8 Å². The van der Waals surface area contributed by atoms with Crippen LogP contribution in [0.15, 0.2) is 35.4 Å². The van der Waals surface area contributed by atoms with Gasteiger partial charge in [0, 0.05) is 24.8 Å². The van der Waals surface area contributed by atoms with Gasteiger partial charge in [0.15, 0.2) is 5.82 Å². The van der Waals surface area contributed by atoms with Crippen molar-refractivity contribution in [2.24, 2.45) is 0 Å². The fourth-order valence-corrected chi connectivity index (χ4v) is 2.94. The summed E-state index contributed by atoms with van der Waals surface area (Å²) in [5.74, 6) is -0.528. The predicted molar refractivity (Wildman–Crippen MR) is 77.4 cm³/mol. The lowest BCUT2D eigenvalue weighted by molar-refractivity contribution is 0.573. The van der Waals surface area contributed by atoms with E-state index in [0.717, 1.165) is 6.42 Å². The third-order valence-corrected chi connectivity index (χ3v) is 4.33. The number of hydrogen-bond acceptors (Lipinski definition) is 4. The Labute approximate surface area is 122 Å². The van der Waals surface area contributed by atoms with Gasteiger partial charge in [0.25, 0.3) is 0 Å². The number of nitrogens with one attached hydrogen (secondary N) is 1. The fraction of sp³-hybridized carbons (Fsp3) is 0.308. The maximum absolute atomic E-state index is 13.5. The minimum Gasteiger partial charge on any atom is -0.381 e. The lowest BCUT2D eigenvalue weighted by Gasteiger charge is -2.06. The van der Waals surface area contributed by atoms with Gasteiger partial charge in [-0.2, -0.15) is 5.10 Å². The van der Waals surface area contributed by atoms with Gasteiger partial charge in [-0.15, -0.1) is 0 Å². The summed E-state index contributed by atoms with van der Waals surface area (Å²) >= 11 is 0. The van der Waals surface area contributed by atoms with E-state index in [4.69, 9.17) is 5.73 Å². The van der Waals surface area contributed by atoms with Crippen LogP contribution in [0.1, 0.15) is 18.9 Å². The van der Waals surface area contributed by atoms with Crippen molar-refractivity contribution in [2.45, 2.75) is 31.3 Å². The van der Waals surface area contributed by atoms with Gasteiger partial charge in [-0.05, 0) is 12.5 Å². The SMILES string of the molecule is CCCn1cc(S(=O)(=O)NCc2ccccc2F)c(N)n1. The van der Waals surface area contributed by atoms with Crippen molar-refractivity contribution in [3.63, 3.8) is 0 Å². The Kier molecular flexibility index (Phi) is 4.59. The molecule has 1 aromatic heterocycles. The van der Waals surface area contributed by atoms with E-state index in [1.807, 2.05) is 6.92 Å². The van der Waals surface area contributed by atoms with Crippen LogP contribution >= 0.6 is 0 Å². The molecule has 0 fully saturated rings. The highest BCUT2D eigenvalue weighted by Crippen LogP contribution is 2.17. The zero-order valence-corrected chi connectivity index (χ0v) is 12.4. The maximum Gasteiger partial charge on any atom is 0.246 e. The van der Waals surface area contributed by atoms with Crippen LogP contribution < -0.4 is 10.5 Å². The Bertz CT molecular complexity index is 728. The second-order valence-corrected chi connectivity index (χ2v) is 6.29. The summed E-state index contributed by atoms with van der Waals surface area (Å²) in [5.41, 5.74) is 5.90. The van der Waals surface area contributed by atoms with Crippen LogP contribution in [0.2, 0.25) is 0 Å². The number of aryl methyl sites for hydroxylation is 1. The predicted octanol–water partition coefficient (Wildman–Crippen LogP) is 1.49. The van der Waals surface area contributed by atoms with Crippen LogP contribution in [0, 0.1) is 5.82 Å². The number of nitrogens with two attached hydrogens (primary N) is 1. The molecule has 0 unspecified atom stereocenters. The second kappa shape index (κ2) is 6.23. The number of hydrogen-bond donors (Lipinski definition) is 2. The molecule has 6 nitrogen and oxygen atoms in total. The van der Waals surface area contributed by atoms with E-state index in [2.05, 4.69) is 9.82 Å². The molecule has 2 aromatic rings. The Hall–Kier alpha value is -1.93. The summed E-state index contributed by atoms with van der Waals surface area (Å²) in [6.07, 6.45) is 2.19. The molecule has 0 spiro atoms. The number of nitrogen functional groups attached to an aromatic ring is 1. The van der Waals surface area contributed by atoms with E-state index < -0.39 is 15.8 Å². The van der Waals surface area contributed by atoms with E-state index in [1.165, 1.54) is 23.0 Å². The molecular formula is C13H17FN4O2S. The molecule has 21 heavy (non-hydrogen) atoms. The molecule has 2 rings (SSSR count). The Morgan fingerprint density at radius 1 is 1.38 bits per heavy atom. The summed E-state index contributed by atoms with van der Waals surface area (Å²) in [4.78, 5) is -0.0905. The first-order valence-corrected chi connectivity index (χ1v) is 7.98. The van der Waals surface area contributed by atoms with Crippen LogP contribution in [0.3, 0.4) is 0 Å². The highest BCUT2D eigenvalue weighted by Gasteiger charge is 2.21. The van der Waals surface area contributed by atoms with E-state index in [1.54, 1.807) is 12.1 Å².